The molecule has 3 rings (SSSR count). The third kappa shape index (κ3) is 8.93. The monoisotopic (exact) mass is 536 g/mol. The number of amides is 3. The van der Waals surface area contributed by atoms with Gasteiger partial charge in [0.2, 0.25) is 17.7 Å². The molecule has 210 valence electrons. The maximum Gasteiger partial charge on any atom is 0.240 e. The first-order chi connectivity index (χ1) is 18.0. The fraction of sp³-hybridized carbons (Fsp3) is 0.630. The molecule has 2 fully saturated rings. The SMILES string of the molecule is CC.CCNC(=O)[C@@H](C#N)C1SC(CNc2cccc(NC(=O)CCN3CCCCC3)c2)C(=O)N1CC.[HH].[HH].[HH]. The molecule has 2 aliphatic heterocycles. The van der Waals surface area contributed by atoms with Gasteiger partial charge in [-0.1, -0.05) is 26.3 Å². The maximum atomic E-state index is 12.9. The van der Waals surface area contributed by atoms with E-state index < -0.39 is 16.5 Å². The summed E-state index contributed by atoms with van der Waals surface area (Å²) in [7, 11) is 0. The predicted molar refractivity (Wildman–Crippen MR) is 157 cm³/mol. The van der Waals surface area contributed by atoms with Crippen molar-refractivity contribution in [1.29, 1.82) is 5.26 Å². The smallest absolute Gasteiger partial charge is 0.240 e. The molecule has 0 saturated carbocycles. The van der Waals surface area contributed by atoms with E-state index in [1.54, 1.807) is 11.8 Å². The highest BCUT2D eigenvalue weighted by molar-refractivity contribution is 8.01. The van der Waals surface area contributed by atoms with Gasteiger partial charge in [0, 0.05) is 48.3 Å². The van der Waals surface area contributed by atoms with E-state index >= 15 is 0 Å². The molecule has 0 aromatic heterocycles. The summed E-state index contributed by atoms with van der Waals surface area (Å²) in [4.78, 5) is 41.6. The number of piperidine rings is 1. The molecule has 0 radical (unpaired) electrons. The topological polar surface area (TPSA) is 118 Å². The number of nitriles is 1. The standard InChI is InChI=1S/C25H36N6O3S.C2H6.3H2/c1-3-27-23(33)20(16-26)25-31(4-2)24(34)21(35-25)17-28-18-9-8-10-19(15-18)29-22(32)11-14-30-12-6-5-7-13-30;1-2;;;/h8-10,15,20-21,25,28H,3-7,11-14,17H2,1-2H3,(H,27,33)(H,29,32);1-2H3;3*1H/t20-,21?,25?;;;;/m1..../s1. The van der Waals surface area contributed by atoms with Gasteiger partial charge in [0.15, 0.2) is 5.92 Å². The molecule has 3 amide bonds. The van der Waals surface area contributed by atoms with Crippen molar-refractivity contribution in [1.82, 2.24) is 15.1 Å². The number of rotatable bonds is 11. The fourth-order valence-electron chi connectivity index (χ4n) is 4.46. The Morgan fingerprint density at radius 3 is 2.54 bits per heavy atom. The zero-order valence-corrected chi connectivity index (χ0v) is 23.4. The van der Waals surface area contributed by atoms with Crippen LogP contribution < -0.4 is 16.0 Å². The normalized spacial score (nSPS) is 20.3. The second-order valence-corrected chi connectivity index (χ2v) is 10.1. The minimum absolute atomic E-state index is 0. The molecule has 0 spiro atoms. The lowest BCUT2D eigenvalue weighted by molar-refractivity contribution is -0.131. The third-order valence-corrected chi connectivity index (χ3v) is 7.81. The zero-order chi connectivity index (χ0) is 27.2. The fourth-order valence-corrected chi connectivity index (χ4v) is 5.97. The number of thioether (sulfide) groups is 1. The number of likely N-dealkylation sites (tertiary alicyclic amines) is 1. The van der Waals surface area contributed by atoms with Crippen molar-refractivity contribution < 1.29 is 18.7 Å². The Morgan fingerprint density at radius 2 is 1.89 bits per heavy atom. The first kappa shape index (κ1) is 30.5. The number of nitrogens with zero attached hydrogens (tertiary/aromatic N) is 3. The van der Waals surface area contributed by atoms with Crippen LogP contribution in [0.4, 0.5) is 11.4 Å². The summed E-state index contributed by atoms with van der Waals surface area (Å²) in [6, 6.07) is 9.51. The minimum Gasteiger partial charge on any atom is -0.383 e. The number of carbonyl (C=O) groups excluding carboxylic acids is 3. The lowest BCUT2D eigenvalue weighted by Gasteiger charge is -2.25. The second-order valence-electron chi connectivity index (χ2n) is 8.80. The van der Waals surface area contributed by atoms with Gasteiger partial charge in [-0.05, 0) is 58.0 Å². The molecule has 3 atom stereocenters. The molecule has 1 aromatic rings. The average molecular weight is 537 g/mol. The van der Waals surface area contributed by atoms with Gasteiger partial charge in [0.05, 0.1) is 6.07 Å². The van der Waals surface area contributed by atoms with E-state index in [1.165, 1.54) is 31.0 Å². The number of hydrogen-bond acceptors (Lipinski definition) is 7. The van der Waals surface area contributed by atoms with Gasteiger partial charge >= 0.3 is 0 Å². The van der Waals surface area contributed by atoms with Crippen LogP contribution in [0.5, 0.6) is 0 Å². The van der Waals surface area contributed by atoms with Gasteiger partial charge < -0.3 is 25.8 Å². The quantitative estimate of drug-likeness (QED) is 0.387. The van der Waals surface area contributed by atoms with Crippen LogP contribution in [-0.4, -0.2) is 77.4 Å². The Bertz CT molecular complexity index is 946. The highest BCUT2D eigenvalue weighted by Gasteiger charge is 2.45. The molecule has 3 N–H and O–H groups in total. The Morgan fingerprint density at radius 1 is 1.19 bits per heavy atom. The second kappa shape index (κ2) is 16.2. The van der Waals surface area contributed by atoms with Gasteiger partial charge in [-0.3, -0.25) is 14.4 Å². The molecule has 10 heteroatoms. The molecule has 1 aromatic carbocycles. The van der Waals surface area contributed by atoms with Crippen LogP contribution >= 0.6 is 11.8 Å². The van der Waals surface area contributed by atoms with Crippen molar-refractivity contribution in [2.75, 3.05) is 49.9 Å². The van der Waals surface area contributed by atoms with E-state index in [2.05, 4.69) is 26.9 Å². The predicted octanol–water partition coefficient (Wildman–Crippen LogP) is 4.24. The van der Waals surface area contributed by atoms with Gasteiger partial charge in [-0.2, -0.15) is 5.26 Å². The van der Waals surface area contributed by atoms with Crippen molar-refractivity contribution in [3.8, 4) is 6.07 Å². The highest BCUT2D eigenvalue weighted by atomic mass is 32.2. The van der Waals surface area contributed by atoms with Crippen LogP contribution in [0.2, 0.25) is 0 Å². The minimum atomic E-state index is -0.919. The lowest BCUT2D eigenvalue weighted by Crippen LogP contribution is -2.44. The summed E-state index contributed by atoms with van der Waals surface area (Å²) >= 11 is 1.35. The van der Waals surface area contributed by atoms with Crippen LogP contribution in [0.25, 0.3) is 0 Å². The van der Waals surface area contributed by atoms with E-state index in [9.17, 15) is 19.6 Å². The summed E-state index contributed by atoms with van der Waals surface area (Å²) in [6.07, 6.45) is 4.15. The number of anilines is 2. The number of benzene rings is 1. The van der Waals surface area contributed by atoms with Gasteiger partial charge in [0.25, 0.3) is 0 Å². The Kier molecular flexibility index (Phi) is 13.3. The molecule has 0 bridgehead atoms. The van der Waals surface area contributed by atoms with Crippen molar-refractivity contribution in [3.63, 3.8) is 0 Å². The van der Waals surface area contributed by atoms with Crippen molar-refractivity contribution in [3.05, 3.63) is 24.3 Å². The van der Waals surface area contributed by atoms with Crippen LogP contribution in [0.15, 0.2) is 24.3 Å². The summed E-state index contributed by atoms with van der Waals surface area (Å²) in [6.45, 7) is 11.8. The highest BCUT2D eigenvalue weighted by Crippen LogP contribution is 2.36. The maximum absolute atomic E-state index is 12.9. The van der Waals surface area contributed by atoms with Crippen molar-refractivity contribution >= 4 is 40.9 Å². The van der Waals surface area contributed by atoms with E-state index in [4.69, 9.17) is 0 Å². The Hall–Kier alpha value is -2.77. The van der Waals surface area contributed by atoms with E-state index in [0.717, 1.165) is 25.3 Å². The molecule has 0 aliphatic carbocycles. The van der Waals surface area contributed by atoms with E-state index in [1.807, 2.05) is 45.0 Å². The average Bonchev–Trinajstić information content (AvgIpc) is 3.23. The third-order valence-electron chi connectivity index (χ3n) is 6.31. The molecule has 2 heterocycles. The molecule has 37 heavy (non-hydrogen) atoms. The Labute approximate surface area is 230 Å². The van der Waals surface area contributed by atoms with E-state index in [0.29, 0.717) is 31.7 Å². The molecular weight excluding hydrogens is 488 g/mol. The van der Waals surface area contributed by atoms with Crippen LogP contribution in [-0.2, 0) is 14.4 Å². The molecular formula is C27H48N6O3S. The van der Waals surface area contributed by atoms with Crippen LogP contribution in [0.3, 0.4) is 0 Å². The lowest BCUT2D eigenvalue weighted by atomic mass is 10.1. The van der Waals surface area contributed by atoms with Gasteiger partial charge in [0.1, 0.15) is 10.6 Å². The zero-order valence-electron chi connectivity index (χ0n) is 22.6. The Balaban J connectivity index is 0. The van der Waals surface area contributed by atoms with E-state index in [-0.39, 0.29) is 22.0 Å². The number of nitrogens with one attached hydrogen (secondary N) is 3. The van der Waals surface area contributed by atoms with Gasteiger partial charge in [-0.15, -0.1) is 11.8 Å². The number of carbonyl (C=O) groups is 3. The van der Waals surface area contributed by atoms with Crippen molar-refractivity contribution in [2.45, 2.75) is 64.0 Å². The largest absolute Gasteiger partial charge is 0.383 e. The van der Waals surface area contributed by atoms with Crippen LogP contribution in [0.1, 0.15) is 57.7 Å². The van der Waals surface area contributed by atoms with Crippen molar-refractivity contribution in [2.24, 2.45) is 5.92 Å². The molecule has 9 nitrogen and oxygen atoms in total. The molecule has 2 aliphatic rings. The first-order valence-electron chi connectivity index (χ1n) is 13.5. The first-order valence-corrected chi connectivity index (χ1v) is 14.4. The summed E-state index contributed by atoms with van der Waals surface area (Å²) < 4.78 is 0. The number of hydrogen-bond donors (Lipinski definition) is 3. The van der Waals surface area contributed by atoms with Crippen LogP contribution in [0, 0.1) is 17.2 Å². The molecule has 2 saturated heterocycles. The summed E-state index contributed by atoms with van der Waals surface area (Å²) in [5.74, 6) is -1.36. The van der Waals surface area contributed by atoms with Gasteiger partial charge in [-0.25, -0.2) is 0 Å². The summed E-state index contributed by atoms with van der Waals surface area (Å²) in [5, 5.41) is 17.6. The molecule has 2 unspecified atom stereocenters. The summed E-state index contributed by atoms with van der Waals surface area (Å²) in [5.41, 5.74) is 1.50.